The van der Waals surface area contributed by atoms with Crippen molar-refractivity contribution in [3.8, 4) is 11.5 Å². The Hall–Kier alpha value is -2.86. The Bertz CT molecular complexity index is 2390. The van der Waals surface area contributed by atoms with Crippen molar-refractivity contribution in [1.29, 1.82) is 0 Å². The molecule has 1 aliphatic carbocycles. The number of anilines is 2. The van der Waals surface area contributed by atoms with Crippen molar-refractivity contribution in [2.75, 3.05) is 36.0 Å². The molecule has 0 fully saturated rings. The van der Waals surface area contributed by atoms with Crippen LogP contribution in [0.3, 0.4) is 0 Å². The number of allylic oxidation sites excluding steroid dienone is 11. The third kappa shape index (κ3) is 8.23. The molecule has 6 heteroatoms. The van der Waals surface area contributed by atoms with Crippen molar-refractivity contribution in [3.63, 3.8) is 0 Å². The van der Waals surface area contributed by atoms with Crippen molar-refractivity contribution in [2.24, 2.45) is 0 Å². The summed E-state index contributed by atoms with van der Waals surface area (Å²) in [6, 6.07) is 12.3. The molecule has 0 unspecified atom stereocenters. The molecular formula is C54H62N2O2Pb2. The van der Waals surface area contributed by atoms with Crippen LogP contribution in [0.2, 0.25) is 3.98 Å². The van der Waals surface area contributed by atoms with Crippen LogP contribution in [-0.4, -0.2) is 82.8 Å². The number of fused-ring (bicyclic) bond motifs is 2. The molecule has 0 amide bonds. The number of phenols is 1. The maximum atomic E-state index is 12.0. The van der Waals surface area contributed by atoms with Crippen LogP contribution in [0.15, 0.2) is 81.3 Å². The predicted octanol–water partition coefficient (Wildman–Crippen LogP) is 12.0. The van der Waals surface area contributed by atoms with Gasteiger partial charge in [-0.2, -0.15) is 0 Å². The summed E-state index contributed by atoms with van der Waals surface area (Å²) < 4.78 is 8.85. The zero-order chi connectivity index (χ0) is 41.9. The minimum absolute atomic E-state index is 0.0148. The fraction of sp³-hybridized carbons (Fsp3) is 0.444. The van der Waals surface area contributed by atoms with Crippen LogP contribution in [0.1, 0.15) is 137 Å². The van der Waals surface area contributed by atoms with Crippen LogP contribution in [0, 0.1) is 0 Å². The number of phenolic OH excluding ortho intramolecular Hbond substituents is 1. The molecule has 5 heterocycles. The van der Waals surface area contributed by atoms with Gasteiger partial charge in [-0.1, -0.05) is 0 Å². The molecule has 0 bridgehead atoms. The molecule has 6 aliphatic rings. The average Bonchev–Trinajstić information content (AvgIpc) is 3.22. The molecule has 3 aromatic rings. The van der Waals surface area contributed by atoms with Gasteiger partial charge in [0.1, 0.15) is 0 Å². The molecule has 6 radical (unpaired) electrons. The van der Waals surface area contributed by atoms with E-state index in [1.54, 1.807) is 0 Å². The first-order valence-corrected chi connectivity index (χ1v) is 27.5. The molecular weight excluding hydrogens is 1120 g/mol. The summed E-state index contributed by atoms with van der Waals surface area (Å²) in [6.07, 6.45) is 26.6. The van der Waals surface area contributed by atoms with Crippen LogP contribution in [0.4, 0.5) is 11.4 Å². The van der Waals surface area contributed by atoms with E-state index in [1.165, 1.54) is 116 Å². The molecule has 308 valence electrons. The standard InChI is InChI=1S/C54H62N2O2.2Pb/c1-8-35(46-32-39-16-10-25-55-27-12-18-44(49(39)55)51(46)57)20-22-37-14-9-15-38(48(37)41-30-42(53(2,3)4)34-43(31-41)54(5,6)7)23-21-36-24-29-58-52-45-19-13-28-56-26-11-17-40(50(45)56)33-47(36)52;;/h8,20-24,30-34,57H,1,9-19,25-28H2,2-7H3;;/b22-20+,35-8-,36-21+,38-23+;;. The van der Waals surface area contributed by atoms with Crippen LogP contribution in [-0.2, 0) is 36.5 Å². The fourth-order valence-electron chi connectivity index (χ4n) is 10.7. The van der Waals surface area contributed by atoms with Crippen molar-refractivity contribution < 1.29 is 9.84 Å². The summed E-state index contributed by atoms with van der Waals surface area (Å²) in [5.41, 5.74) is 21.4. The summed E-state index contributed by atoms with van der Waals surface area (Å²) in [5.74, 6) is 1.63. The van der Waals surface area contributed by atoms with Crippen LogP contribution in [0.25, 0.3) is 16.7 Å². The summed E-state index contributed by atoms with van der Waals surface area (Å²) >= 11 is 1.96. The molecule has 5 aliphatic heterocycles. The fourth-order valence-corrected chi connectivity index (χ4v) is 12.6. The van der Waals surface area contributed by atoms with Crippen molar-refractivity contribution in [1.82, 2.24) is 0 Å². The first-order chi connectivity index (χ1) is 28.8. The number of aryl methyl sites for hydroxylation is 2. The molecule has 0 spiro atoms. The summed E-state index contributed by atoms with van der Waals surface area (Å²) in [7, 11) is 0. The number of benzene rings is 3. The van der Waals surface area contributed by atoms with E-state index in [4.69, 9.17) is 4.74 Å². The Balaban J connectivity index is 1.20. The normalized spacial score (nSPS) is 20.7. The third-order valence-corrected chi connectivity index (χ3v) is 15.6. The molecule has 9 rings (SSSR count). The van der Waals surface area contributed by atoms with E-state index in [1.807, 2.05) is 0 Å². The van der Waals surface area contributed by atoms with Gasteiger partial charge in [0.05, 0.1) is 0 Å². The van der Waals surface area contributed by atoms with Gasteiger partial charge in [0, 0.05) is 0 Å². The number of hydrogen-bond acceptors (Lipinski definition) is 4. The average molecular weight is 1190 g/mol. The Morgan fingerprint density at radius 3 is 2.00 bits per heavy atom. The number of hydrogen-bond donors (Lipinski definition) is 1. The Morgan fingerprint density at radius 1 is 0.733 bits per heavy atom. The topological polar surface area (TPSA) is 35.9 Å². The second kappa shape index (κ2) is 17.0. The minimum atomic E-state index is 0.0148. The zero-order valence-electron chi connectivity index (χ0n) is 36.9. The predicted molar refractivity (Wildman–Crippen MR) is 255 cm³/mol. The molecule has 1 N–H and O–H groups in total. The molecule has 3 aromatic carbocycles. The van der Waals surface area contributed by atoms with E-state index in [2.05, 4.69) is 118 Å². The SMILES string of the molecule is CC(C)(C)c1cc(C2=C(/C=C/C(=C/[CH2][Pb])c3cc4c5c(c3O)CCCN5CCC4)CCC/C2=C\C=C2/C=[C]([Pb])Oc3c2cc2c4c3CCCN4CCC2)cc(C(C)(C)C)c1. The van der Waals surface area contributed by atoms with Crippen LogP contribution < -0.4 is 14.5 Å². The van der Waals surface area contributed by atoms with E-state index in [-0.39, 0.29) is 10.8 Å². The van der Waals surface area contributed by atoms with E-state index < -0.39 is 0 Å². The van der Waals surface area contributed by atoms with Gasteiger partial charge in [0.15, 0.2) is 0 Å². The quantitative estimate of drug-likeness (QED) is 0.197. The number of aromatic hydroxyl groups is 1. The van der Waals surface area contributed by atoms with Gasteiger partial charge in [-0.15, -0.1) is 0 Å². The molecule has 0 saturated carbocycles. The second-order valence-corrected chi connectivity index (χ2v) is 23.6. The molecule has 4 nitrogen and oxygen atoms in total. The molecule has 0 saturated heterocycles. The third-order valence-electron chi connectivity index (χ3n) is 13.8. The van der Waals surface area contributed by atoms with E-state index in [0.717, 1.165) is 135 Å². The Kier molecular flexibility index (Phi) is 12.0. The Morgan fingerprint density at radius 2 is 1.35 bits per heavy atom. The monoisotopic (exact) mass is 1190 g/mol. The van der Waals surface area contributed by atoms with Crippen LogP contribution in [0.5, 0.6) is 11.5 Å². The molecule has 60 heavy (non-hydrogen) atoms. The van der Waals surface area contributed by atoms with Crippen molar-refractivity contribution in [2.45, 2.75) is 127 Å². The van der Waals surface area contributed by atoms with Gasteiger partial charge >= 0.3 is 395 Å². The van der Waals surface area contributed by atoms with E-state index in [9.17, 15) is 5.11 Å². The molecule has 0 atom stereocenters. The summed E-state index contributed by atoms with van der Waals surface area (Å²) in [6.45, 7) is 18.7. The van der Waals surface area contributed by atoms with E-state index >= 15 is 0 Å². The van der Waals surface area contributed by atoms with Gasteiger partial charge in [-0.05, 0) is 0 Å². The number of ether oxygens (including phenoxy) is 1. The van der Waals surface area contributed by atoms with Crippen molar-refractivity contribution >= 4 is 79.6 Å². The first kappa shape index (κ1) is 42.4. The maximum absolute atomic E-state index is 12.0. The van der Waals surface area contributed by atoms with Gasteiger partial charge in [0.25, 0.3) is 0 Å². The molecule has 0 aromatic heterocycles. The van der Waals surface area contributed by atoms with Gasteiger partial charge in [-0.25, -0.2) is 0 Å². The number of rotatable bonds is 6. The van der Waals surface area contributed by atoms with Gasteiger partial charge in [-0.3, -0.25) is 0 Å². The van der Waals surface area contributed by atoms with Gasteiger partial charge < -0.3 is 0 Å². The summed E-state index contributed by atoms with van der Waals surface area (Å²) in [5, 5.41) is 12.0. The number of nitrogens with zero attached hydrogens (tertiary/aromatic N) is 2. The Labute approximate surface area is 392 Å². The zero-order valence-corrected chi connectivity index (χ0v) is 44.7. The first-order valence-electron chi connectivity index (χ1n) is 22.8. The summed E-state index contributed by atoms with van der Waals surface area (Å²) in [4.78, 5) is 5.16. The van der Waals surface area contributed by atoms with Crippen molar-refractivity contribution in [3.05, 3.63) is 131 Å². The van der Waals surface area contributed by atoms with Crippen LogP contribution >= 0.6 is 0 Å². The van der Waals surface area contributed by atoms with E-state index in [0.29, 0.717) is 5.75 Å². The second-order valence-electron chi connectivity index (χ2n) is 20.1. The van der Waals surface area contributed by atoms with Gasteiger partial charge in [0.2, 0.25) is 0 Å².